The fourth-order valence-corrected chi connectivity index (χ4v) is 3.12. The summed E-state index contributed by atoms with van der Waals surface area (Å²) in [5.41, 5.74) is 1.00. The molecule has 0 saturated carbocycles. The van der Waals surface area contributed by atoms with Gasteiger partial charge in [0.15, 0.2) is 0 Å². The number of benzene rings is 1. The number of rotatable bonds is 3. The minimum atomic E-state index is -0.278. The van der Waals surface area contributed by atoms with E-state index in [0.717, 1.165) is 32.5 Å². The molecule has 0 radical (unpaired) electrons. The number of hydrogen-bond acceptors (Lipinski definition) is 2. The highest BCUT2D eigenvalue weighted by Crippen LogP contribution is 2.32. The van der Waals surface area contributed by atoms with Crippen molar-refractivity contribution in [2.45, 2.75) is 26.3 Å². The van der Waals surface area contributed by atoms with E-state index < -0.39 is 0 Å². The first-order valence-corrected chi connectivity index (χ1v) is 7.71. The Morgan fingerprint density at radius 3 is 2.90 bits per heavy atom. The number of aryl methyl sites for hydroxylation is 1. The second-order valence-corrected chi connectivity index (χ2v) is 6.06. The number of piperidine rings is 1. The molecule has 2 aromatic rings. The van der Waals surface area contributed by atoms with Gasteiger partial charge in [0.05, 0.1) is 10.6 Å². The van der Waals surface area contributed by atoms with Crippen molar-refractivity contribution in [2.24, 2.45) is 5.92 Å². The topological polar surface area (TPSA) is 29.9 Å². The molecule has 21 heavy (non-hydrogen) atoms. The van der Waals surface area contributed by atoms with Gasteiger partial charge in [-0.25, -0.2) is 9.37 Å². The average molecular weight is 308 g/mol. The summed E-state index contributed by atoms with van der Waals surface area (Å²) in [5, 5.41) is 3.77. The van der Waals surface area contributed by atoms with Gasteiger partial charge in [0.25, 0.3) is 0 Å². The van der Waals surface area contributed by atoms with Crippen LogP contribution in [0.15, 0.2) is 24.5 Å². The standard InChI is InChI=1S/C16H19ClFN3/c1-11-2-3-13(17)14(15(11)18)16-20-8-9-21(16)10-12-4-6-19-7-5-12/h2-3,8-9,12,19H,4-7,10H2,1H3. The number of halogens is 2. The van der Waals surface area contributed by atoms with Crippen LogP contribution in [0.4, 0.5) is 4.39 Å². The molecule has 1 aromatic carbocycles. The van der Waals surface area contributed by atoms with E-state index in [1.165, 1.54) is 0 Å². The van der Waals surface area contributed by atoms with Crippen LogP contribution in [0.5, 0.6) is 0 Å². The SMILES string of the molecule is Cc1ccc(Cl)c(-c2nccn2CC2CCNCC2)c1F. The quantitative estimate of drug-likeness (QED) is 0.938. The summed E-state index contributed by atoms with van der Waals surface area (Å²) >= 11 is 6.20. The molecule has 0 unspecified atom stereocenters. The van der Waals surface area contributed by atoms with Crippen LogP contribution in [0.3, 0.4) is 0 Å². The lowest BCUT2D eigenvalue weighted by molar-refractivity contribution is 0.334. The number of aromatic nitrogens is 2. The Hall–Kier alpha value is -1.39. The Labute approximate surface area is 129 Å². The molecule has 1 saturated heterocycles. The van der Waals surface area contributed by atoms with Crippen molar-refractivity contribution in [1.29, 1.82) is 0 Å². The highest BCUT2D eigenvalue weighted by Gasteiger charge is 2.20. The fourth-order valence-electron chi connectivity index (χ4n) is 2.89. The van der Waals surface area contributed by atoms with Crippen LogP contribution in [0.1, 0.15) is 18.4 Å². The Morgan fingerprint density at radius 2 is 2.14 bits per heavy atom. The average Bonchev–Trinajstić information content (AvgIpc) is 2.93. The van der Waals surface area contributed by atoms with Crippen molar-refractivity contribution in [3.8, 4) is 11.4 Å². The van der Waals surface area contributed by atoms with Gasteiger partial charge in [0, 0.05) is 18.9 Å². The second-order valence-electron chi connectivity index (χ2n) is 5.65. The van der Waals surface area contributed by atoms with Gasteiger partial charge in [-0.3, -0.25) is 0 Å². The van der Waals surface area contributed by atoms with Gasteiger partial charge in [-0.05, 0) is 50.4 Å². The third-order valence-corrected chi connectivity index (χ3v) is 4.45. The molecule has 3 rings (SSSR count). The van der Waals surface area contributed by atoms with Crippen molar-refractivity contribution >= 4 is 11.6 Å². The van der Waals surface area contributed by atoms with Gasteiger partial charge in [-0.1, -0.05) is 17.7 Å². The molecule has 1 aromatic heterocycles. The third-order valence-electron chi connectivity index (χ3n) is 4.14. The van der Waals surface area contributed by atoms with Gasteiger partial charge >= 0.3 is 0 Å². The van der Waals surface area contributed by atoms with Crippen molar-refractivity contribution in [1.82, 2.24) is 14.9 Å². The van der Waals surface area contributed by atoms with E-state index in [1.54, 1.807) is 25.3 Å². The van der Waals surface area contributed by atoms with Crippen molar-refractivity contribution in [3.63, 3.8) is 0 Å². The Balaban J connectivity index is 1.93. The van der Waals surface area contributed by atoms with Crippen molar-refractivity contribution < 1.29 is 4.39 Å². The predicted octanol–water partition coefficient (Wildman–Crippen LogP) is 3.65. The van der Waals surface area contributed by atoms with E-state index in [0.29, 0.717) is 27.9 Å². The minimum absolute atomic E-state index is 0.278. The molecule has 1 N–H and O–H groups in total. The first-order valence-electron chi connectivity index (χ1n) is 7.33. The molecule has 1 aliphatic rings. The van der Waals surface area contributed by atoms with Crippen LogP contribution in [0, 0.1) is 18.7 Å². The van der Waals surface area contributed by atoms with Crippen LogP contribution in [0.25, 0.3) is 11.4 Å². The number of hydrogen-bond donors (Lipinski definition) is 1. The van der Waals surface area contributed by atoms with E-state index in [9.17, 15) is 4.39 Å². The molecule has 112 valence electrons. The highest BCUT2D eigenvalue weighted by molar-refractivity contribution is 6.33. The van der Waals surface area contributed by atoms with E-state index >= 15 is 0 Å². The zero-order chi connectivity index (χ0) is 14.8. The van der Waals surface area contributed by atoms with Crippen LogP contribution in [-0.4, -0.2) is 22.6 Å². The van der Waals surface area contributed by atoms with Gasteiger partial charge in [0.2, 0.25) is 0 Å². The minimum Gasteiger partial charge on any atom is -0.331 e. The molecule has 0 atom stereocenters. The smallest absolute Gasteiger partial charge is 0.144 e. The summed E-state index contributed by atoms with van der Waals surface area (Å²) in [7, 11) is 0. The molecular weight excluding hydrogens is 289 g/mol. The number of nitrogens with zero attached hydrogens (tertiary/aromatic N) is 2. The summed E-state index contributed by atoms with van der Waals surface area (Å²) in [6.45, 7) is 4.71. The Bertz CT molecular complexity index is 632. The van der Waals surface area contributed by atoms with Gasteiger partial charge in [-0.2, -0.15) is 0 Å². The highest BCUT2D eigenvalue weighted by atomic mass is 35.5. The summed E-state index contributed by atoms with van der Waals surface area (Å²) in [6.07, 6.45) is 5.91. The lowest BCUT2D eigenvalue weighted by atomic mass is 9.98. The normalized spacial score (nSPS) is 16.3. The van der Waals surface area contributed by atoms with E-state index in [-0.39, 0.29) is 5.82 Å². The van der Waals surface area contributed by atoms with Crippen LogP contribution < -0.4 is 5.32 Å². The van der Waals surface area contributed by atoms with Gasteiger partial charge in [-0.15, -0.1) is 0 Å². The number of imidazole rings is 1. The molecule has 1 fully saturated rings. The maximum absolute atomic E-state index is 14.4. The Kier molecular flexibility index (Phi) is 4.27. The molecular formula is C16H19ClFN3. The monoisotopic (exact) mass is 307 g/mol. The van der Waals surface area contributed by atoms with E-state index in [2.05, 4.69) is 10.3 Å². The zero-order valence-corrected chi connectivity index (χ0v) is 12.8. The van der Waals surface area contributed by atoms with Gasteiger partial charge < -0.3 is 9.88 Å². The Morgan fingerprint density at radius 1 is 1.38 bits per heavy atom. The molecule has 0 spiro atoms. The summed E-state index contributed by atoms with van der Waals surface area (Å²) in [5.74, 6) is 0.950. The molecule has 0 amide bonds. The van der Waals surface area contributed by atoms with Crippen LogP contribution in [0.2, 0.25) is 5.02 Å². The lowest BCUT2D eigenvalue weighted by Crippen LogP contribution is -2.29. The lowest BCUT2D eigenvalue weighted by Gasteiger charge is -2.23. The van der Waals surface area contributed by atoms with E-state index in [4.69, 9.17) is 11.6 Å². The molecule has 2 heterocycles. The largest absolute Gasteiger partial charge is 0.331 e. The third kappa shape index (κ3) is 2.97. The maximum atomic E-state index is 14.4. The van der Waals surface area contributed by atoms with Crippen molar-refractivity contribution in [3.05, 3.63) is 40.9 Å². The molecule has 0 bridgehead atoms. The van der Waals surface area contributed by atoms with E-state index in [1.807, 2.05) is 10.8 Å². The summed E-state index contributed by atoms with van der Waals surface area (Å²) < 4.78 is 16.5. The first kappa shape index (κ1) is 14.5. The molecule has 0 aliphatic carbocycles. The number of nitrogens with one attached hydrogen (secondary N) is 1. The van der Waals surface area contributed by atoms with Gasteiger partial charge in [0.1, 0.15) is 11.6 Å². The second kappa shape index (κ2) is 6.16. The van der Waals surface area contributed by atoms with Crippen LogP contribution >= 0.6 is 11.6 Å². The van der Waals surface area contributed by atoms with Crippen molar-refractivity contribution in [2.75, 3.05) is 13.1 Å². The fraction of sp³-hybridized carbons (Fsp3) is 0.438. The van der Waals surface area contributed by atoms with Crippen LogP contribution in [-0.2, 0) is 6.54 Å². The predicted molar refractivity (Wildman–Crippen MR) is 83.0 cm³/mol. The maximum Gasteiger partial charge on any atom is 0.144 e. The zero-order valence-electron chi connectivity index (χ0n) is 12.1. The molecule has 5 heteroatoms. The summed E-state index contributed by atoms with van der Waals surface area (Å²) in [6, 6.07) is 3.43. The molecule has 1 aliphatic heterocycles. The summed E-state index contributed by atoms with van der Waals surface area (Å²) in [4.78, 5) is 4.34. The molecule has 3 nitrogen and oxygen atoms in total. The first-order chi connectivity index (χ1) is 10.2.